The van der Waals surface area contributed by atoms with Crippen molar-refractivity contribution < 1.29 is 0 Å². The van der Waals surface area contributed by atoms with Crippen molar-refractivity contribution in [1.82, 2.24) is 4.57 Å². The van der Waals surface area contributed by atoms with Crippen LogP contribution >= 0.6 is 0 Å². The van der Waals surface area contributed by atoms with Gasteiger partial charge in [-0.2, -0.15) is 0 Å². The van der Waals surface area contributed by atoms with Crippen molar-refractivity contribution in [3.8, 4) is 5.69 Å². The number of benzene rings is 1. The van der Waals surface area contributed by atoms with Gasteiger partial charge in [-0.1, -0.05) is 25.1 Å². The standard InChI is InChI=1S/C14H15NO/c1-3-12-5-7-13(8-6-12)15-10-11(2)4-9-14(15)16/h4-10H,3H2,1-2H3. The quantitative estimate of drug-likeness (QED) is 0.751. The maximum atomic E-state index is 11.7. The third-order valence-corrected chi connectivity index (χ3v) is 2.68. The van der Waals surface area contributed by atoms with E-state index in [-0.39, 0.29) is 5.56 Å². The van der Waals surface area contributed by atoms with Gasteiger partial charge in [-0.3, -0.25) is 9.36 Å². The van der Waals surface area contributed by atoms with Gasteiger partial charge in [0.1, 0.15) is 0 Å². The Morgan fingerprint density at radius 1 is 1.06 bits per heavy atom. The fourth-order valence-electron chi connectivity index (χ4n) is 1.69. The molecule has 2 rings (SSSR count). The molecule has 0 atom stereocenters. The van der Waals surface area contributed by atoms with Crippen molar-refractivity contribution in [2.75, 3.05) is 0 Å². The zero-order chi connectivity index (χ0) is 11.5. The summed E-state index contributed by atoms with van der Waals surface area (Å²) in [4.78, 5) is 11.7. The second-order valence-electron chi connectivity index (χ2n) is 3.93. The molecule has 0 unspecified atom stereocenters. The Labute approximate surface area is 95.2 Å². The van der Waals surface area contributed by atoms with Crippen LogP contribution in [0.15, 0.2) is 47.4 Å². The van der Waals surface area contributed by atoms with Crippen LogP contribution in [0.2, 0.25) is 0 Å². The minimum absolute atomic E-state index is 0.00912. The fourth-order valence-corrected chi connectivity index (χ4v) is 1.69. The lowest BCUT2D eigenvalue weighted by molar-refractivity contribution is 0.973. The maximum absolute atomic E-state index is 11.7. The van der Waals surface area contributed by atoms with Crippen molar-refractivity contribution in [1.29, 1.82) is 0 Å². The second kappa shape index (κ2) is 4.35. The highest BCUT2D eigenvalue weighted by Gasteiger charge is 1.99. The van der Waals surface area contributed by atoms with E-state index in [0.717, 1.165) is 17.7 Å². The smallest absolute Gasteiger partial charge is 0.255 e. The van der Waals surface area contributed by atoms with Gasteiger partial charge in [0.05, 0.1) is 0 Å². The molecule has 0 aliphatic heterocycles. The first-order valence-corrected chi connectivity index (χ1v) is 5.49. The van der Waals surface area contributed by atoms with E-state index in [1.54, 1.807) is 10.6 Å². The lowest BCUT2D eigenvalue weighted by Gasteiger charge is -2.07. The minimum atomic E-state index is 0.00912. The molecular formula is C14H15NO. The zero-order valence-electron chi connectivity index (χ0n) is 9.60. The Bertz CT molecular complexity index is 537. The predicted octanol–water partition coefficient (Wildman–Crippen LogP) is 2.71. The number of pyridine rings is 1. The van der Waals surface area contributed by atoms with E-state index in [4.69, 9.17) is 0 Å². The number of hydrogen-bond donors (Lipinski definition) is 0. The van der Waals surface area contributed by atoms with Gasteiger partial charge in [0.2, 0.25) is 0 Å². The van der Waals surface area contributed by atoms with Crippen LogP contribution in [-0.4, -0.2) is 4.57 Å². The molecule has 0 aliphatic rings. The number of aryl methyl sites for hydroxylation is 2. The fraction of sp³-hybridized carbons (Fsp3) is 0.214. The minimum Gasteiger partial charge on any atom is -0.284 e. The summed E-state index contributed by atoms with van der Waals surface area (Å²) in [6, 6.07) is 11.5. The molecule has 82 valence electrons. The Kier molecular flexibility index (Phi) is 2.91. The first-order valence-electron chi connectivity index (χ1n) is 5.49. The Morgan fingerprint density at radius 3 is 2.38 bits per heavy atom. The Hall–Kier alpha value is -1.83. The average molecular weight is 213 g/mol. The molecular weight excluding hydrogens is 198 g/mol. The van der Waals surface area contributed by atoms with E-state index in [1.165, 1.54) is 5.56 Å². The topological polar surface area (TPSA) is 22.0 Å². The van der Waals surface area contributed by atoms with Crippen molar-refractivity contribution in [3.05, 3.63) is 64.1 Å². The molecule has 0 spiro atoms. The predicted molar refractivity (Wildman–Crippen MR) is 66.2 cm³/mol. The first kappa shape index (κ1) is 10.7. The van der Waals surface area contributed by atoms with Gasteiger partial charge in [0.15, 0.2) is 0 Å². The van der Waals surface area contributed by atoms with E-state index < -0.39 is 0 Å². The summed E-state index contributed by atoms with van der Waals surface area (Å²) in [6.07, 6.45) is 2.88. The summed E-state index contributed by atoms with van der Waals surface area (Å²) in [5.41, 5.74) is 3.30. The van der Waals surface area contributed by atoms with Crippen LogP contribution in [0.4, 0.5) is 0 Å². The third kappa shape index (κ3) is 2.06. The normalized spacial score (nSPS) is 10.4. The number of rotatable bonds is 2. The molecule has 0 N–H and O–H groups in total. The number of nitrogens with zero attached hydrogens (tertiary/aromatic N) is 1. The zero-order valence-corrected chi connectivity index (χ0v) is 9.60. The lowest BCUT2D eigenvalue weighted by atomic mass is 10.1. The molecule has 0 fully saturated rings. The van der Waals surface area contributed by atoms with Crippen LogP contribution in [-0.2, 0) is 6.42 Å². The molecule has 0 saturated heterocycles. The first-order chi connectivity index (χ1) is 7.70. The molecule has 0 saturated carbocycles. The molecule has 2 nitrogen and oxygen atoms in total. The summed E-state index contributed by atoms with van der Waals surface area (Å²) in [6.45, 7) is 4.10. The summed E-state index contributed by atoms with van der Waals surface area (Å²) in [7, 11) is 0. The SMILES string of the molecule is CCc1ccc(-n2cc(C)ccc2=O)cc1. The van der Waals surface area contributed by atoms with Crippen molar-refractivity contribution in [2.24, 2.45) is 0 Å². The van der Waals surface area contributed by atoms with E-state index in [1.807, 2.05) is 31.3 Å². The van der Waals surface area contributed by atoms with Crippen molar-refractivity contribution in [3.63, 3.8) is 0 Å². The maximum Gasteiger partial charge on any atom is 0.255 e. The number of hydrogen-bond acceptors (Lipinski definition) is 1. The van der Waals surface area contributed by atoms with Gasteiger partial charge in [-0.25, -0.2) is 0 Å². The molecule has 1 aromatic heterocycles. The molecule has 0 bridgehead atoms. The van der Waals surface area contributed by atoms with Crippen LogP contribution in [0.3, 0.4) is 0 Å². The highest BCUT2D eigenvalue weighted by molar-refractivity contribution is 5.35. The highest BCUT2D eigenvalue weighted by atomic mass is 16.1. The summed E-state index contributed by atoms with van der Waals surface area (Å²) in [5.74, 6) is 0. The Morgan fingerprint density at radius 2 is 1.75 bits per heavy atom. The van der Waals surface area contributed by atoms with E-state index in [9.17, 15) is 4.79 Å². The lowest BCUT2D eigenvalue weighted by Crippen LogP contribution is -2.16. The Balaban J connectivity index is 2.50. The van der Waals surface area contributed by atoms with Crippen LogP contribution in [0.25, 0.3) is 5.69 Å². The molecule has 2 heteroatoms. The highest BCUT2D eigenvalue weighted by Crippen LogP contribution is 2.08. The summed E-state index contributed by atoms with van der Waals surface area (Å²) in [5, 5.41) is 0. The molecule has 1 aromatic carbocycles. The molecule has 0 aliphatic carbocycles. The molecule has 2 aromatic rings. The van der Waals surface area contributed by atoms with E-state index in [0.29, 0.717) is 0 Å². The monoisotopic (exact) mass is 213 g/mol. The average Bonchev–Trinajstić information content (AvgIpc) is 2.32. The van der Waals surface area contributed by atoms with Gasteiger partial charge < -0.3 is 0 Å². The van der Waals surface area contributed by atoms with Crippen molar-refractivity contribution >= 4 is 0 Å². The van der Waals surface area contributed by atoms with Gasteiger partial charge in [0.25, 0.3) is 5.56 Å². The van der Waals surface area contributed by atoms with Crippen molar-refractivity contribution in [2.45, 2.75) is 20.3 Å². The van der Waals surface area contributed by atoms with Crippen LogP contribution in [0, 0.1) is 6.92 Å². The van der Waals surface area contributed by atoms with Crippen LogP contribution < -0.4 is 5.56 Å². The van der Waals surface area contributed by atoms with Crippen LogP contribution in [0.1, 0.15) is 18.1 Å². The van der Waals surface area contributed by atoms with Gasteiger partial charge in [-0.05, 0) is 36.6 Å². The van der Waals surface area contributed by atoms with E-state index in [2.05, 4.69) is 19.1 Å². The summed E-state index contributed by atoms with van der Waals surface area (Å²) < 4.78 is 1.68. The molecule has 16 heavy (non-hydrogen) atoms. The van der Waals surface area contributed by atoms with Crippen LogP contribution in [0.5, 0.6) is 0 Å². The molecule has 0 radical (unpaired) electrons. The second-order valence-corrected chi connectivity index (χ2v) is 3.93. The van der Waals surface area contributed by atoms with Gasteiger partial charge in [0, 0.05) is 18.0 Å². The molecule has 1 heterocycles. The largest absolute Gasteiger partial charge is 0.284 e. The van der Waals surface area contributed by atoms with Gasteiger partial charge in [-0.15, -0.1) is 0 Å². The molecule has 0 amide bonds. The number of aromatic nitrogens is 1. The third-order valence-electron chi connectivity index (χ3n) is 2.68. The summed E-state index contributed by atoms with van der Waals surface area (Å²) >= 11 is 0. The van der Waals surface area contributed by atoms with E-state index >= 15 is 0 Å². The van der Waals surface area contributed by atoms with Gasteiger partial charge >= 0.3 is 0 Å².